The predicted molar refractivity (Wildman–Crippen MR) is 104 cm³/mol. The highest BCUT2D eigenvalue weighted by atomic mass is 14.1. The standard InChI is InChI=1S/C22H44/c1-4-7-9-11-12-13-14-15-17-19-21-22(6-3)20-18-16-10-8-5-2/h14-15,22H,4-13,16-21H2,1-3H3. The van der Waals surface area contributed by atoms with Gasteiger partial charge in [0.1, 0.15) is 0 Å². The van der Waals surface area contributed by atoms with Crippen LogP contribution in [0.5, 0.6) is 0 Å². The number of unbranched alkanes of at least 4 members (excludes halogenated alkanes) is 10. The summed E-state index contributed by atoms with van der Waals surface area (Å²) < 4.78 is 0. The third kappa shape index (κ3) is 16.1. The molecule has 0 aromatic carbocycles. The van der Waals surface area contributed by atoms with E-state index in [1.807, 2.05) is 0 Å². The highest BCUT2D eigenvalue weighted by molar-refractivity contribution is 4.81. The molecule has 0 radical (unpaired) electrons. The Balaban J connectivity index is 3.38. The molecule has 0 nitrogen and oxygen atoms in total. The number of rotatable bonds is 17. The van der Waals surface area contributed by atoms with E-state index in [0.29, 0.717) is 0 Å². The maximum atomic E-state index is 2.44. The quantitative estimate of drug-likeness (QED) is 0.187. The van der Waals surface area contributed by atoms with E-state index in [9.17, 15) is 0 Å². The van der Waals surface area contributed by atoms with Crippen molar-refractivity contribution in [3.63, 3.8) is 0 Å². The molecule has 0 aromatic heterocycles. The molecule has 0 heteroatoms. The Morgan fingerprint density at radius 3 is 1.64 bits per heavy atom. The zero-order valence-electron chi connectivity index (χ0n) is 16.0. The molecule has 0 fully saturated rings. The largest absolute Gasteiger partial charge is 0.0885 e. The molecule has 0 N–H and O–H groups in total. The van der Waals surface area contributed by atoms with Crippen LogP contribution in [0.15, 0.2) is 12.2 Å². The van der Waals surface area contributed by atoms with Gasteiger partial charge >= 0.3 is 0 Å². The molecule has 1 atom stereocenters. The average molecular weight is 309 g/mol. The molecular formula is C22H44. The minimum absolute atomic E-state index is 0.990. The van der Waals surface area contributed by atoms with E-state index in [0.717, 1.165) is 5.92 Å². The van der Waals surface area contributed by atoms with Gasteiger partial charge in [-0.1, -0.05) is 110 Å². The summed E-state index contributed by atoms with van der Waals surface area (Å²) in [5.41, 5.74) is 0. The average Bonchev–Trinajstić information content (AvgIpc) is 2.54. The summed E-state index contributed by atoms with van der Waals surface area (Å²) in [4.78, 5) is 0. The zero-order chi connectivity index (χ0) is 16.3. The van der Waals surface area contributed by atoms with Gasteiger partial charge in [-0.05, 0) is 31.6 Å². The van der Waals surface area contributed by atoms with Gasteiger partial charge in [0.2, 0.25) is 0 Å². The molecule has 0 bridgehead atoms. The van der Waals surface area contributed by atoms with Crippen molar-refractivity contribution in [3.8, 4) is 0 Å². The van der Waals surface area contributed by atoms with Crippen molar-refractivity contribution in [2.45, 2.75) is 124 Å². The SMILES string of the molecule is CCCCCCCC=CCCCC(CC)CCCCCCC. The van der Waals surface area contributed by atoms with Gasteiger partial charge in [0.25, 0.3) is 0 Å². The Morgan fingerprint density at radius 1 is 0.545 bits per heavy atom. The van der Waals surface area contributed by atoms with E-state index >= 15 is 0 Å². The summed E-state index contributed by atoms with van der Waals surface area (Å²) in [6.45, 7) is 6.96. The minimum atomic E-state index is 0.990. The maximum absolute atomic E-state index is 2.44. The fraction of sp³-hybridized carbons (Fsp3) is 0.909. The van der Waals surface area contributed by atoms with Crippen LogP contribution in [-0.2, 0) is 0 Å². The van der Waals surface area contributed by atoms with Crippen LogP contribution in [0, 0.1) is 5.92 Å². The first-order valence-electron chi connectivity index (χ1n) is 10.5. The summed E-state index contributed by atoms with van der Waals surface area (Å²) >= 11 is 0. The Labute approximate surface area is 142 Å². The highest BCUT2D eigenvalue weighted by Crippen LogP contribution is 2.20. The van der Waals surface area contributed by atoms with Crippen molar-refractivity contribution in [1.29, 1.82) is 0 Å². The van der Waals surface area contributed by atoms with E-state index in [4.69, 9.17) is 0 Å². The first-order valence-corrected chi connectivity index (χ1v) is 10.5. The Morgan fingerprint density at radius 2 is 1.05 bits per heavy atom. The predicted octanol–water partition coefficient (Wildman–Crippen LogP) is 8.46. The molecule has 0 aromatic rings. The summed E-state index contributed by atoms with van der Waals surface area (Å²) in [7, 11) is 0. The van der Waals surface area contributed by atoms with Crippen LogP contribution in [0.25, 0.3) is 0 Å². The molecule has 0 saturated carbocycles. The van der Waals surface area contributed by atoms with E-state index in [2.05, 4.69) is 32.9 Å². The van der Waals surface area contributed by atoms with Crippen molar-refractivity contribution in [1.82, 2.24) is 0 Å². The lowest BCUT2D eigenvalue weighted by Crippen LogP contribution is -1.98. The van der Waals surface area contributed by atoms with Crippen LogP contribution in [0.3, 0.4) is 0 Å². The van der Waals surface area contributed by atoms with Gasteiger partial charge in [0.05, 0.1) is 0 Å². The van der Waals surface area contributed by atoms with Gasteiger partial charge in [-0.25, -0.2) is 0 Å². The molecule has 0 amide bonds. The molecule has 0 heterocycles. The Kier molecular flexibility index (Phi) is 18.6. The second-order valence-corrected chi connectivity index (χ2v) is 7.08. The lowest BCUT2D eigenvalue weighted by atomic mass is 9.93. The van der Waals surface area contributed by atoms with Crippen LogP contribution in [-0.4, -0.2) is 0 Å². The van der Waals surface area contributed by atoms with E-state index in [-0.39, 0.29) is 0 Å². The summed E-state index contributed by atoms with van der Waals surface area (Å²) in [5, 5.41) is 0. The van der Waals surface area contributed by atoms with Crippen LogP contribution < -0.4 is 0 Å². The van der Waals surface area contributed by atoms with E-state index in [1.54, 1.807) is 0 Å². The normalized spacial score (nSPS) is 13.0. The second kappa shape index (κ2) is 18.8. The van der Waals surface area contributed by atoms with Gasteiger partial charge in [0.15, 0.2) is 0 Å². The first kappa shape index (κ1) is 21.7. The molecule has 0 rings (SSSR count). The van der Waals surface area contributed by atoms with Crippen molar-refractivity contribution in [3.05, 3.63) is 12.2 Å². The van der Waals surface area contributed by atoms with Crippen molar-refractivity contribution in [2.24, 2.45) is 5.92 Å². The molecule has 0 aliphatic rings. The Hall–Kier alpha value is -0.260. The molecule has 0 aliphatic heterocycles. The molecule has 0 aliphatic carbocycles. The summed E-state index contributed by atoms with van der Waals surface area (Å²) in [6, 6.07) is 0. The Bertz CT molecular complexity index is 216. The zero-order valence-corrected chi connectivity index (χ0v) is 16.0. The van der Waals surface area contributed by atoms with Crippen molar-refractivity contribution >= 4 is 0 Å². The van der Waals surface area contributed by atoms with Crippen LogP contribution in [0.1, 0.15) is 124 Å². The van der Waals surface area contributed by atoms with Gasteiger partial charge in [-0.15, -0.1) is 0 Å². The van der Waals surface area contributed by atoms with Crippen LogP contribution >= 0.6 is 0 Å². The molecular weight excluding hydrogens is 264 g/mol. The monoisotopic (exact) mass is 308 g/mol. The van der Waals surface area contributed by atoms with Gasteiger partial charge < -0.3 is 0 Å². The lowest BCUT2D eigenvalue weighted by molar-refractivity contribution is 0.403. The summed E-state index contributed by atoms with van der Waals surface area (Å²) in [6.07, 6.45) is 27.4. The van der Waals surface area contributed by atoms with Crippen molar-refractivity contribution < 1.29 is 0 Å². The third-order valence-electron chi connectivity index (χ3n) is 4.92. The number of allylic oxidation sites excluding steroid dienone is 2. The van der Waals surface area contributed by atoms with Crippen molar-refractivity contribution in [2.75, 3.05) is 0 Å². The van der Waals surface area contributed by atoms with Crippen LogP contribution in [0.2, 0.25) is 0 Å². The van der Waals surface area contributed by atoms with Gasteiger partial charge in [-0.3, -0.25) is 0 Å². The summed E-state index contributed by atoms with van der Waals surface area (Å²) in [5.74, 6) is 0.990. The van der Waals surface area contributed by atoms with E-state index in [1.165, 1.54) is 103 Å². The first-order chi connectivity index (χ1) is 10.8. The van der Waals surface area contributed by atoms with Gasteiger partial charge in [-0.2, -0.15) is 0 Å². The fourth-order valence-corrected chi connectivity index (χ4v) is 3.21. The number of hydrogen-bond acceptors (Lipinski definition) is 0. The smallest absolute Gasteiger partial charge is 0.0351 e. The van der Waals surface area contributed by atoms with Crippen LogP contribution in [0.4, 0.5) is 0 Å². The molecule has 22 heavy (non-hydrogen) atoms. The topological polar surface area (TPSA) is 0 Å². The second-order valence-electron chi connectivity index (χ2n) is 7.08. The maximum Gasteiger partial charge on any atom is -0.0351 e. The van der Waals surface area contributed by atoms with Gasteiger partial charge in [0, 0.05) is 0 Å². The third-order valence-corrected chi connectivity index (χ3v) is 4.92. The highest BCUT2D eigenvalue weighted by Gasteiger charge is 2.05. The van der Waals surface area contributed by atoms with E-state index < -0.39 is 0 Å². The molecule has 132 valence electrons. The minimum Gasteiger partial charge on any atom is -0.0885 e. The molecule has 0 spiro atoms. The molecule has 1 unspecified atom stereocenters. The number of hydrogen-bond donors (Lipinski definition) is 0. The molecule has 0 saturated heterocycles. The fourth-order valence-electron chi connectivity index (χ4n) is 3.21. The lowest BCUT2D eigenvalue weighted by Gasteiger charge is -2.13.